The number of carbonyl (C=O) groups is 2. The zero-order chi connectivity index (χ0) is 22.4. The van der Waals surface area contributed by atoms with Gasteiger partial charge in [0, 0.05) is 25.7 Å². The molecule has 2 N–H and O–H groups in total. The molecule has 0 aliphatic heterocycles. The number of carbonyl (C=O) groups excluding carboxylic acids is 2. The lowest BCUT2D eigenvalue weighted by Crippen LogP contribution is -2.56. The van der Waals surface area contributed by atoms with E-state index in [4.69, 9.17) is 0 Å². The van der Waals surface area contributed by atoms with Gasteiger partial charge >= 0.3 is 0 Å². The number of likely N-dealkylation sites (N-methyl/N-ethyl adjacent to an activating group) is 1. The first-order valence-corrected chi connectivity index (χ1v) is 12.6. The van der Waals surface area contributed by atoms with Crippen LogP contribution in [0.1, 0.15) is 52.4 Å². The largest absolute Gasteiger partial charge is 0.352 e. The van der Waals surface area contributed by atoms with Crippen LogP contribution in [0.2, 0.25) is 0 Å². The van der Waals surface area contributed by atoms with E-state index in [0.29, 0.717) is 5.69 Å². The van der Waals surface area contributed by atoms with Crippen LogP contribution < -0.4 is 10.6 Å². The van der Waals surface area contributed by atoms with Crippen LogP contribution in [0, 0.1) is 23.2 Å². The van der Waals surface area contributed by atoms with Crippen molar-refractivity contribution in [1.82, 2.24) is 9.62 Å². The van der Waals surface area contributed by atoms with E-state index < -0.39 is 10.0 Å². The van der Waals surface area contributed by atoms with E-state index in [1.807, 2.05) is 0 Å². The molecule has 31 heavy (non-hydrogen) atoms. The van der Waals surface area contributed by atoms with Crippen LogP contribution >= 0.6 is 0 Å². The van der Waals surface area contributed by atoms with Crippen molar-refractivity contribution >= 4 is 27.5 Å². The van der Waals surface area contributed by atoms with Crippen LogP contribution in [-0.2, 0) is 19.6 Å². The predicted molar refractivity (Wildman–Crippen MR) is 119 cm³/mol. The maximum Gasteiger partial charge on any atom is 0.243 e. The molecule has 170 valence electrons. The van der Waals surface area contributed by atoms with E-state index in [9.17, 15) is 18.0 Å². The molecule has 1 unspecified atom stereocenters. The molecular weight excluding hydrogens is 414 g/mol. The Bertz CT molecular complexity index is 922. The molecular formula is C23H33N3O4S. The fourth-order valence-electron chi connectivity index (χ4n) is 6.53. The third-order valence-electron chi connectivity index (χ3n) is 7.63. The van der Waals surface area contributed by atoms with E-state index in [1.165, 1.54) is 76.8 Å². The molecule has 4 fully saturated rings. The van der Waals surface area contributed by atoms with Gasteiger partial charge < -0.3 is 10.6 Å². The third-order valence-corrected chi connectivity index (χ3v) is 9.45. The maximum atomic E-state index is 12.9. The number of hydrogen-bond donors (Lipinski definition) is 2. The number of amides is 2. The Hall–Kier alpha value is -1.93. The summed E-state index contributed by atoms with van der Waals surface area (Å²) in [7, 11) is -2.38. The zero-order valence-electron chi connectivity index (χ0n) is 18.6. The van der Waals surface area contributed by atoms with Crippen LogP contribution in [-0.4, -0.2) is 44.2 Å². The van der Waals surface area contributed by atoms with Gasteiger partial charge in [-0.3, -0.25) is 9.59 Å². The van der Waals surface area contributed by atoms with Gasteiger partial charge in [-0.2, -0.15) is 4.31 Å². The Balaban J connectivity index is 1.37. The smallest absolute Gasteiger partial charge is 0.243 e. The minimum atomic E-state index is -3.80. The summed E-state index contributed by atoms with van der Waals surface area (Å²) < 4.78 is 26.8. The lowest BCUT2D eigenvalue weighted by molar-refractivity contribution is -0.126. The average Bonchev–Trinajstić information content (AvgIpc) is 2.66. The summed E-state index contributed by atoms with van der Waals surface area (Å²) >= 11 is 0. The highest BCUT2D eigenvalue weighted by Crippen LogP contribution is 2.61. The summed E-state index contributed by atoms with van der Waals surface area (Å²) in [5, 5.41) is 5.74. The van der Waals surface area contributed by atoms with Crippen molar-refractivity contribution in [1.29, 1.82) is 0 Å². The highest BCUT2D eigenvalue weighted by atomic mass is 32.2. The lowest BCUT2D eigenvalue weighted by atomic mass is 9.48. The maximum absolute atomic E-state index is 12.9. The molecule has 1 aromatic rings. The molecule has 0 saturated heterocycles. The molecule has 7 nitrogen and oxygen atoms in total. The zero-order valence-corrected chi connectivity index (χ0v) is 19.4. The minimum absolute atomic E-state index is 0.0569. The van der Waals surface area contributed by atoms with Gasteiger partial charge in [0.05, 0.1) is 11.4 Å². The van der Waals surface area contributed by atoms with Gasteiger partial charge in [0.25, 0.3) is 0 Å². The standard InChI is InChI=1S/C23H33N3O4S/c1-15(23-11-17-8-18(12-23)10-19(9-17)13-23)24-22(28)14-26(3)31(29,30)21-6-4-20(5-7-21)25-16(2)27/h4-7,15,17-19H,8-14H2,1-3H3,(H,24,28)(H,25,27). The number of hydrogen-bond acceptors (Lipinski definition) is 4. The van der Waals surface area contributed by atoms with Crippen molar-refractivity contribution in [2.75, 3.05) is 18.9 Å². The van der Waals surface area contributed by atoms with E-state index in [1.54, 1.807) is 0 Å². The van der Waals surface area contributed by atoms with Crippen molar-refractivity contribution in [3.63, 3.8) is 0 Å². The average molecular weight is 448 g/mol. The molecule has 1 aromatic carbocycles. The fraction of sp³-hybridized carbons (Fsp3) is 0.652. The van der Waals surface area contributed by atoms with E-state index in [0.717, 1.165) is 22.1 Å². The second-order valence-electron chi connectivity index (χ2n) is 10.0. The monoisotopic (exact) mass is 447 g/mol. The molecule has 0 radical (unpaired) electrons. The second-order valence-corrected chi connectivity index (χ2v) is 12.1. The SMILES string of the molecule is CC(=O)Nc1ccc(S(=O)(=O)N(C)CC(=O)NC(C)C23CC4CC(CC(C4)C2)C3)cc1. The summed E-state index contributed by atoms with van der Waals surface area (Å²) in [4.78, 5) is 24.0. The van der Waals surface area contributed by atoms with E-state index in [2.05, 4.69) is 17.6 Å². The number of nitrogens with zero attached hydrogens (tertiary/aromatic N) is 1. The van der Waals surface area contributed by atoms with Crippen LogP contribution in [0.4, 0.5) is 5.69 Å². The number of benzene rings is 1. The molecule has 8 heteroatoms. The normalized spacial score (nSPS) is 30.3. The number of rotatable bonds is 7. The quantitative estimate of drug-likeness (QED) is 0.672. The first-order chi connectivity index (χ1) is 14.6. The van der Waals surface area contributed by atoms with Gasteiger partial charge in [-0.25, -0.2) is 8.42 Å². The highest BCUT2D eigenvalue weighted by molar-refractivity contribution is 7.89. The molecule has 4 aliphatic carbocycles. The molecule has 0 heterocycles. The summed E-state index contributed by atoms with van der Waals surface area (Å²) in [6.45, 7) is 3.27. The number of anilines is 1. The van der Waals surface area contributed by atoms with Crippen molar-refractivity contribution < 1.29 is 18.0 Å². The summed E-state index contributed by atoms with van der Waals surface area (Å²) in [5.74, 6) is 1.92. The van der Waals surface area contributed by atoms with E-state index in [-0.39, 0.29) is 34.7 Å². The van der Waals surface area contributed by atoms with Gasteiger partial charge in [0.1, 0.15) is 0 Å². The van der Waals surface area contributed by atoms with Gasteiger partial charge in [0.2, 0.25) is 21.8 Å². The van der Waals surface area contributed by atoms with Crippen molar-refractivity contribution in [3.05, 3.63) is 24.3 Å². The first kappa shape index (κ1) is 22.3. The van der Waals surface area contributed by atoms with Crippen molar-refractivity contribution in [2.45, 2.75) is 63.3 Å². The molecule has 4 bridgehead atoms. The fourth-order valence-corrected chi connectivity index (χ4v) is 7.66. The number of sulfonamides is 1. The molecule has 0 spiro atoms. The van der Waals surface area contributed by atoms with Gasteiger partial charge in [-0.05, 0) is 92.9 Å². The van der Waals surface area contributed by atoms with Gasteiger partial charge in [-0.1, -0.05) is 0 Å². The van der Waals surface area contributed by atoms with E-state index >= 15 is 0 Å². The molecule has 4 saturated carbocycles. The molecule has 4 aliphatic rings. The topological polar surface area (TPSA) is 95.6 Å². The molecule has 0 aromatic heterocycles. The van der Waals surface area contributed by atoms with Gasteiger partial charge in [0.15, 0.2) is 0 Å². The predicted octanol–water partition coefficient (Wildman–Crippen LogP) is 2.99. The Morgan fingerprint density at radius 2 is 1.58 bits per heavy atom. The lowest BCUT2D eigenvalue weighted by Gasteiger charge is -2.59. The third kappa shape index (κ3) is 4.51. The van der Waals surface area contributed by atoms with Crippen LogP contribution in [0.25, 0.3) is 0 Å². The summed E-state index contributed by atoms with van der Waals surface area (Å²) in [5.41, 5.74) is 0.706. The Labute approximate surface area is 185 Å². The van der Waals surface area contributed by atoms with Crippen molar-refractivity contribution in [2.24, 2.45) is 23.2 Å². The van der Waals surface area contributed by atoms with Crippen LogP contribution in [0.5, 0.6) is 0 Å². The van der Waals surface area contributed by atoms with Gasteiger partial charge in [-0.15, -0.1) is 0 Å². The van der Waals surface area contributed by atoms with Crippen molar-refractivity contribution in [3.8, 4) is 0 Å². The Morgan fingerprint density at radius 3 is 2.06 bits per heavy atom. The Morgan fingerprint density at radius 1 is 1.06 bits per heavy atom. The molecule has 5 rings (SSSR count). The second kappa shape index (κ2) is 8.20. The summed E-state index contributed by atoms with van der Waals surface area (Å²) in [6.07, 6.45) is 7.62. The van der Waals surface area contributed by atoms with Crippen LogP contribution in [0.15, 0.2) is 29.2 Å². The molecule has 1 atom stereocenters. The Kier molecular flexibility index (Phi) is 5.89. The summed E-state index contributed by atoms with van der Waals surface area (Å²) in [6, 6.07) is 6.01. The molecule has 2 amide bonds. The highest BCUT2D eigenvalue weighted by Gasteiger charge is 2.53. The van der Waals surface area contributed by atoms with Crippen LogP contribution in [0.3, 0.4) is 0 Å². The first-order valence-electron chi connectivity index (χ1n) is 11.2. The number of nitrogens with one attached hydrogen (secondary N) is 2. The minimum Gasteiger partial charge on any atom is -0.352 e.